The second-order valence-electron chi connectivity index (χ2n) is 3.80. The molecule has 0 saturated carbocycles. The van der Waals surface area contributed by atoms with Crippen LogP contribution in [0.2, 0.25) is 10.0 Å². The Balaban J connectivity index is 2.60. The Morgan fingerprint density at radius 2 is 1.58 bits per heavy atom. The molecular weight excluding hydrogens is 307 g/mol. The molecule has 19 heavy (non-hydrogen) atoms. The molecule has 0 unspecified atom stereocenters. The summed E-state index contributed by atoms with van der Waals surface area (Å²) in [5.41, 5.74) is 1.46. The molecule has 0 aliphatic carbocycles. The average molecular weight is 317 g/mol. The van der Waals surface area contributed by atoms with Crippen LogP contribution in [0.3, 0.4) is 0 Å². The number of rotatable bonds is 3. The van der Waals surface area contributed by atoms with Crippen molar-refractivity contribution in [1.82, 2.24) is 0 Å². The molecule has 100 valence electrons. The average Bonchev–Trinajstić information content (AvgIpc) is 2.36. The van der Waals surface area contributed by atoms with Gasteiger partial charge in [0.05, 0.1) is 7.11 Å². The van der Waals surface area contributed by atoms with Gasteiger partial charge in [-0.05, 0) is 41.5 Å². The van der Waals surface area contributed by atoms with Crippen molar-refractivity contribution in [3.63, 3.8) is 0 Å². The number of ether oxygens (including phenoxy) is 1. The minimum Gasteiger partial charge on any atom is -0.495 e. The summed E-state index contributed by atoms with van der Waals surface area (Å²) in [5.74, 6) is 0.313. The highest BCUT2D eigenvalue weighted by atomic mass is 35.5. The number of thiol groups is 1. The van der Waals surface area contributed by atoms with Crippen LogP contribution in [0, 0.1) is 0 Å². The van der Waals surface area contributed by atoms with Gasteiger partial charge in [-0.1, -0.05) is 29.3 Å². The highest BCUT2D eigenvalue weighted by Crippen LogP contribution is 2.31. The lowest BCUT2D eigenvalue weighted by Gasteiger charge is -2.07. The summed E-state index contributed by atoms with van der Waals surface area (Å²) >= 11 is 11.9. The Kier molecular flexibility index (Phi) is 4.34. The topological polar surface area (TPSA) is 43.4 Å². The highest BCUT2D eigenvalue weighted by Gasteiger charge is 2.09. The van der Waals surface area contributed by atoms with Gasteiger partial charge in [-0.3, -0.25) is 0 Å². The van der Waals surface area contributed by atoms with E-state index in [1.807, 2.05) is 0 Å². The molecule has 0 fully saturated rings. The summed E-state index contributed by atoms with van der Waals surface area (Å²) in [5, 5.41) is 0.984. The van der Waals surface area contributed by atoms with Gasteiger partial charge in [-0.15, -0.1) is 0 Å². The van der Waals surface area contributed by atoms with Gasteiger partial charge in [0.2, 0.25) is 0 Å². The van der Waals surface area contributed by atoms with Gasteiger partial charge in [0, 0.05) is 10.0 Å². The molecular formula is C13H10Cl2O3S. The first-order valence-electron chi connectivity index (χ1n) is 5.30. The summed E-state index contributed by atoms with van der Waals surface area (Å²) in [6.07, 6.45) is 0. The summed E-state index contributed by atoms with van der Waals surface area (Å²) in [6.45, 7) is 0. The Hall–Kier alpha value is -1.23. The largest absolute Gasteiger partial charge is 0.495 e. The van der Waals surface area contributed by atoms with Crippen LogP contribution in [0.15, 0.2) is 41.3 Å². The smallest absolute Gasteiger partial charge is 0.171 e. The molecule has 0 radical (unpaired) electrons. The molecule has 0 bridgehead atoms. The molecule has 2 rings (SSSR count). The van der Waals surface area contributed by atoms with Gasteiger partial charge >= 0.3 is 0 Å². The van der Waals surface area contributed by atoms with Gasteiger partial charge in [0.25, 0.3) is 0 Å². The lowest BCUT2D eigenvalue weighted by Crippen LogP contribution is -1.91. The number of hydrogen-bond acceptors (Lipinski definition) is 3. The van der Waals surface area contributed by atoms with Crippen LogP contribution in [0.5, 0.6) is 5.75 Å². The molecule has 0 heterocycles. The van der Waals surface area contributed by atoms with E-state index in [0.717, 1.165) is 5.56 Å². The standard InChI is InChI=1S/C13H10Cl2O3S/c1-18-12-3-2-8(6-13(12)19(16)17)9-4-10(14)7-11(15)5-9/h2-7,19H,1H3. The fraction of sp³-hybridized carbons (Fsp3) is 0.0769. The molecule has 6 heteroatoms. The predicted octanol–water partition coefficient (Wildman–Crippen LogP) is 3.64. The van der Waals surface area contributed by atoms with E-state index in [-0.39, 0.29) is 4.90 Å². The van der Waals surface area contributed by atoms with Crippen LogP contribution in [0.1, 0.15) is 0 Å². The Labute approximate surface area is 122 Å². The monoisotopic (exact) mass is 316 g/mol. The Morgan fingerprint density at radius 1 is 0.947 bits per heavy atom. The minimum absolute atomic E-state index is 0.131. The van der Waals surface area contributed by atoms with Gasteiger partial charge in [0.15, 0.2) is 10.7 Å². The van der Waals surface area contributed by atoms with Gasteiger partial charge in [0.1, 0.15) is 10.6 Å². The van der Waals surface area contributed by atoms with E-state index in [1.165, 1.54) is 13.2 Å². The number of benzene rings is 2. The van der Waals surface area contributed by atoms with Gasteiger partial charge in [-0.25, -0.2) is 8.42 Å². The zero-order valence-corrected chi connectivity index (χ0v) is 12.3. The van der Waals surface area contributed by atoms with Gasteiger partial charge in [-0.2, -0.15) is 0 Å². The van der Waals surface area contributed by atoms with E-state index in [0.29, 0.717) is 21.4 Å². The number of methoxy groups -OCH3 is 1. The molecule has 0 spiro atoms. The maximum absolute atomic E-state index is 11.2. The molecule has 2 aromatic carbocycles. The van der Waals surface area contributed by atoms with Crippen LogP contribution < -0.4 is 4.74 Å². The summed E-state index contributed by atoms with van der Waals surface area (Å²) in [7, 11) is -1.31. The summed E-state index contributed by atoms with van der Waals surface area (Å²) < 4.78 is 27.4. The van der Waals surface area contributed by atoms with Crippen molar-refractivity contribution in [2.24, 2.45) is 0 Å². The van der Waals surface area contributed by atoms with Crippen molar-refractivity contribution >= 4 is 33.9 Å². The molecule has 0 atom stereocenters. The third-order valence-electron chi connectivity index (χ3n) is 2.57. The van der Waals surface area contributed by atoms with Crippen molar-refractivity contribution in [1.29, 1.82) is 0 Å². The van der Waals surface area contributed by atoms with Crippen LogP contribution in [-0.4, -0.2) is 15.5 Å². The van der Waals surface area contributed by atoms with Crippen molar-refractivity contribution in [2.75, 3.05) is 7.11 Å². The number of halogens is 2. The van der Waals surface area contributed by atoms with Crippen LogP contribution in [0.4, 0.5) is 0 Å². The van der Waals surface area contributed by atoms with Crippen molar-refractivity contribution in [3.05, 3.63) is 46.4 Å². The van der Waals surface area contributed by atoms with E-state index in [4.69, 9.17) is 27.9 Å². The predicted molar refractivity (Wildman–Crippen MR) is 77.0 cm³/mol. The van der Waals surface area contributed by atoms with Crippen LogP contribution >= 0.6 is 23.2 Å². The first-order chi connectivity index (χ1) is 9.01. The molecule has 0 saturated heterocycles. The molecule has 3 nitrogen and oxygen atoms in total. The fourth-order valence-corrected chi connectivity index (χ4v) is 2.85. The van der Waals surface area contributed by atoms with E-state index in [9.17, 15) is 8.42 Å². The summed E-state index contributed by atoms with van der Waals surface area (Å²) in [6, 6.07) is 9.94. The third-order valence-corrected chi connectivity index (χ3v) is 3.75. The lowest BCUT2D eigenvalue weighted by atomic mass is 10.1. The zero-order chi connectivity index (χ0) is 14.0. The summed E-state index contributed by atoms with van der Waals surface area (Å²) in [4.78, 5) is 0.131. The maximum Gasteiger partial charge on any atom is 0.171 e. The van der Waals surface area contributed by atoms with E-state index < -0.39 is 10.7 Å². The second kappa shape index (κ2) is 5.82. The normalized spacial score (nSPS) is 10.7. The zero-order valence-electron chi connectivity index (χ0n) is 9.89. The molecule has 0 aromatic heterocycles. The second-order valence-corrected chi connectivity index (χ2v) is 5.67. The van der Waals surface area contributed by atoms with Crippen molar-refractivity contribution < 1.29 is 13.2 Å². The van der Waals surface area contributed by atoms with E-state index in [1.54, 1.807) is 30.3 Å². The maximum atomic E-state index is 11.2. The van der Waals surface area contributed by atoms with Crippen molar-refractivity contribution in [3.8, 4) is 16.9 Å². The molecule has 0 aliphatic rings. The van der Waals surface area contributed by atoms with Crippen molar-refractivity contribution in [2.45, 2.75) is 4.90 Å². The lowest BCUT2D eigenvalue weighted by molar-refractivity contribution is 0.403. The SMILES string of the molecule is COc1ccc(-c2cc(Cl)cc(Cl)c2)cc1[SH](=O)=O. The van der Waals surface area contributed by atoms with Crippen LogP contribution in [-0.2, 0) is 10.7 Å². The molecule has 0 aliphatic heterocycles. The quantitative estimate of drug-likeness (QED) is 0.879. The first-order valence-corrected chi connectivity index (χ1v) is 7.23. The minimum atomic E-state index is -2.74. The molecule has 0 amide bonds. The van der Waals surface area contributed by atoms with E-state index in [2.05, 4.69) is 0 Å². The third kappa shape index (κ3) is 3.21. The van der Waals surface area contributed by atoms with Gasteiger partial charge < -0.3 is 4.74 Å². The highest BCUT2D eigenvalue weighted by molar-refractivity contribution is 7.72. The molecule has 0 N–H and O–H groups in total. The van der Waals surface area contributed by atoms with E-state index >= 15 is 0 Å². The van der Waals surface area contributed by atoms with Crippen LogP contribution in [0.25, 0.3) is 11.1 Å². The fourth-order valence-electron chi connectivity index (χ4n) is 1.73. The molecule has 2 aromatic rings. The Morgan fingerprint density at radius 3 is 2.11 bits per heavy atom. The number of hydrogen-bond donors (Lipinski definition) is 1. The first kappa shape index (κ1) is 14.2. The Bertz CT molecular complexity index is 668.